The van der Waals surface area contributed by atoms with Crippen LogP contribution in [0.3, 0.4) is 0 Å². The lowest BCUT2D eigenvalue weighted by Crippen LogP contribution is -2.52. The minimum absolute atomic E-state index is 0.0493. The molecule has 0 radical (unpaired) electrons. The Bertz CT molecular complexity index is 858. The van der Waals surface area contributed by atoms with Gasteiger partial charge in [-0.15, -0.1) is 0 Å². The molecule has 4 unspecified atom stereocenters. The van der Waals surface area contributed by atoms with Gasteiger partial charge in [-0.2, -0.15) is 0 Å². The molecule has 0 aromatic heterocycles. The van der Waals surface area contributed by atoms with Gasteiger partial charge in [-0.25, -0.2) is 0 Å². The van der Waals surface area contributed by atoms with Gasteiger partial charge in [-0.1, -0.05) is 67.0 Å². The summed E-state index contributed by atoms with van der Waals surface area (Å²) in [6, 6.07) is 0. The molecule has 3 saturated carbocycles. The van der Waals surface area contributed by atoms with Gasteiger partial charge in [0.05, 0.1) is 12.2 Å². The van der Waals surface area contributed by atoms with Crippen molar-refractivity contribution >= 4 is 8.32 Å². The van der Waals surface area contributed by atoms with Crippen molar-refractivity contribution < 1.29 is 14.3 Å². The van der Waals surface area contributed by atoms with Gasteiger partial charge in [0.2, 0.25) is 0 Å². The molecule has 0 aromatic rings. The zero-order chi connectivity index (χ0) is 28.3. The quantitative estimate of drug-likeness (QED) is 0.244. The number of fused-ring (bicyclic) bond motifs is 5. The summed E-state index contributed by atoms with van der Waals surface area (Å²) in [7, 11) is 0.0437. The number of hydrogen-bond acceptors (Lipinski definition) is 3. The standard InChI is InChI=1S/C34H62O3Si/c1-22(2)20-30(36-9)31(35)23(3)27-14-15-28-26-13-12-24-21-25(37-38(10,11)32(4,5)6)16-18-33(24,7)29(26)17-19-34(27,28)8/h12,22-23,25-31,35H,13-21H2,1-11H3/t23-,25-,26?,27?,28?,29?,30+,31+,33-,34+/m0/s1. The molecule has 4 rings (SSSR count). The number of ether oxygens (including phenoxy) is 1. The first-order valence-corrected chi connectivity index (χ1v) is 19.0. The van der Waals surface area contributed by atoms with Crippen LogP contribution >= 0.6 is 0 Å². The van der Waals surface area contributed by atoms with Crippen LogP contribution < -0.4 is 0 Å². The SMILES string of the molecule is CO[C@H](CC(C)C)[C@H](O)[C@@H](C)C1CCC2C3CC=C4C[C@@H](O[Si](C)(C)C(C)(C)C)CC[C@]4(C)C3CC[C@@]21C. The molecule has 0 heterocycles. The highest BCUT2D eigenvalue weighted by atomic mass is 28.4. The predicted octanol–water partition coefficient (Wildman–Crippen LogP) is 9.01. The first-order chi connectivity index (χ1) is 17.5. The Kier molecular flexibility index (Phi) is 8.84. The number of aliphatic hydroxyl groups is 1. The van der Waals surface area contributed by atoms with Crippen molar-refractivity contribution in [3.63, 3.8) is 0 Å². The van der Waals surface area contributed by atoms with Crippen molar-refractivity contribution in [2.75, 3.05) is 7.11 Å². The van der Waals surface area contributed by atoms with E-state index in [1.54, 1.807) is 12.7 Å². The van der Waals surface area contributed by atoms with Crippen LogP contribution in [0.25, 0.3) is 0 Å². The Morgan fingerprint density at radius 2 is 1.71 bits per heavy atom. The summed E-state index contributed by atoms with van der Waals surface area (Å²) >= 11 is 0. The molecule has 0 spiro atoms. The average Bonchev–Trinajstić information content (AvgIpc) is 3.18. The lowest BCUT2D eigenvalue weighted by atomic mass is 9.47. The minimum Gasteiger partial charge on any atom is -0.414 e. The first kappa shape index (κ1) is 30.8. The second kappa shape index (κ2) is 10.9. The average molecular weight is 547 g/mol. The van der Waals surface area contributed by atoms with E-state index in [1.165, 1.54) is 44.9 Å². The summed E-state index contributed by atoms with van der Waals surface area (Å²) in [5.41, 5.74) is 2.44. The molecule has 3 nitrogen and oxygen atoms in total. The molecule has 4 aliphatic carbocycles. The monoisotopic (exact) mass is 546 g/mol. The van der Waals surface area contributed by atoms with Crippen LogP contribution in [0.1, 0.15) is 113 Å². The van der Waals surface area contributed by atoms with Crippen molar-refractivity contribution in [2.45, 2.75) is 150 Å². The number of aliphatic hydroxyl groups excluding tert-OH is 1. The summed E-state index contributed by atoms with van der Waals surface area (Å²) < 4.78 is 12.8. The second-order valence-corrected chi connectivity index (χ2v) is 21.2. The van der Waals surface area contributed by atoms with E-state index in [0.29, 0.717) is 34.7 Å². The van der Waals surface area contributed by atoms with Crippen LogP contribution in [0.5, 0.6) is 0 Å². The fourth-order valence-corrected chi connectivity index (χ4v) is 11.0. The van der Waals surface area contributed by atoms with E-state index >= 15 is 0 Å². The molecule has 0 bridgehead atoms. The van der Waals surface area contributed by atoms with Gasteiger partial charge < -0.3 is 14.3 Å². The normalized spacial score (nSPS) is 40.1. The maximum absolute atomic E-state index is 11.4. The fraction of sp³-hybridized carbons (Fsp3) is 0.941. The topological polar surface area (TPSA) is 38.7 Å². The maximum atomic E-state index is 11.4. The number of methoxy groups -OCH3 is 1. The molecule has 4 heteroatoms. The van der Waals surface area contributed by atoms with Crippen LogP contribution in [-0.4, -0.2) is 38.8 Å². The summed E-state index contributed by atoms with van der Waals surface area (Å²) in [5, 5.41) is 11.7. The van der Waals surface area contributed by atoms with Gasteiger partial charge in [0, 0.05) is 13.2 Å². The van der Waals surface area contributed by atoms with E-state index in [-0.39, 0.29) is 17.2 Å². The zero-order valence-corrected chi connectivity index (χ0v) is 27.9. The molecule has 1 N–H and O–H groups in total. The molecular formula is C34H62O3Si. The molecule has 220 valence electrons. The summed E-state index contributed by atoms with van der Waals surface area (Å²) in [5.74, 6) is 3.85. The Labute approximate surface area is 237 Å². The minimum atomic E-state index is -1.74. The molecule has 4 aliphatic rings. The predicted molar refractivity (Wildman–Crippen MR) is 163 cm³/mol. The van der Waals surface area contributed by atoms with Crippen LogP contribution in [0.4, 0.5) is 0 Å². The van der Waals surface area contributed by atoms with E-state index in [0.717, 1.165) is 30.6 Å². The highest BCUT2D eigenvalue weighted by Gasteiger charge is 2.60. The molecule has 0 amide bonds. The summed E-state index contributed by atoms with van der Waals surface area (Å²) in [6.07, 6.45) is 13.9. The van der Waals surface area contributed by atoms with E-state index in [2.05, 4.69) is 74.6 Å². The Morgan fingerprint density at radius 1 is 1.03 bits per heavy atom. The van der Waals surface area contributed by atoms with Crippen molar-refractivity contribution in [1.82, 2.24) is 0 Å². The van der Waals surface area contributed by atoms with Crippen molar-refractivity contribution in [3.8, 4) is 0 Å². The smallest absolute Gasteiger partial charge is 0.192 e. The third kappa shape index (κ3) is 5.39. The molecule has 10 atom stereocenters. The van der Waals surface area contributed by atoms with E-state index in [1.807, 2.05) is 0 Å². The lowest BCUT2D eigenvalue weighted by molar-refractivity contribution is -0.0946. The van der Waals surface area contributed by atoms with Crippen LogP contribution in [0.2, 0.25) is 18.1 Å². The van der Waals surface area contributed by atoms with Gasteiger partial charge in [0.15, 0.2) is 8.32 Å². The highest BCUT2D eigenvalue weighted by Crippen LogP contribution is 2.67. The third-order valence-electron chi connectivity index (χ3n) is 13.0. The van der Waals surface area contributed by atoms with Gasteiger partial charge in [0.25, 0.3) is 0 Å². The maximum Gasteiger partial charge on any atom is 0.192 e. The van der Waals surface area contributed by atoms with E-state index in [9.17, 15) is 5.11 Å². The number of allylic oxidation sites excluding steroid dienone is 1. The third-order valence-corrected chi connectivity index (χ3v) is 17.5. The lowest BCUT2D eigenvalue weighted by Gasteiger charge is -2.59. The Hall–Kier alpha value is -0.163. The Morgan fingerprint density at radius 3 is 2.32 bits per heavy atom. The molecule has 38 heavy (non-hydrogen) atoms. The number of rotatable bonds is 8. The van der Waals surface area contributed by atoms with Gasteiger partial charge in [0.1, 0.15) is 0 Å². The highest BCUT2D eigenvalue weighted by molar-refractivity contribution is 6.74. The van der Waals surface area contributed by atoms with Gasteiger partial charge in [-0.05, 0) is 122 Å². The van der Waals surface area contributed by atoms with Crippen molar-refractivity contribution in [2.24, 2.45) is 46.3 Å². The van der Waals surface area contributed by atoms with Crippen molar-refractivity contribution in [1.29, 1.82) is 0 Å². The summed E-state index contributed by atoms with van der Waals surface area (Å²) in [4.78, 5) is 0. The largest absolute Gasteiger partial charge is 0.414 e. The molecule has 3 fully saturated rings. The van der Waals surface area contributed by atoms with Gasteiger partial charge >= 0.3 is 0 Å². The molecular weight excluding hydrogens is 484 g/mol. The molecule has 0 aromatic carbocycles. The van der Waals surface area contributed by atoms with Crippen LogP contribution in [0, 0.1) is 46.3 Å². The van der Waals surface area contributed by atoms with Crippen LogP contribution in [-0.2, 0) is 9.16 Å². The van der Waals surface area contributed by atoms with Crippen LogP contribution in [0.15, 0.2) is 11.6 Å². The van der Waals surface area contributed by atoms with E-state index in [4.69, 9.17) is 9.16 Å². The van der Waals surface area contributed by atoms with Gasteiger partial charge in [-0.3, -0.25) is 0 Å². The van der Waals surface area contributed by atoms with E-state index < -0.39 is 8.32 Å². The summed E-state index contributed by atoms with van der Waals surface area (Å²) in [6.45, 7) is 23.9. The van der Waals surface area contributed by atoms with Crippen molar-refractivity contribution in [3.05, 3.63) is 11.6 Å². The Balaban J connectivity index is 1.49. The number of hydrogen-bond donors (Lipinski definition) is 1. The second-order valence-electron chi connectivity index (χ2n) is 16.5. The zero-order valence-electron chi connectivity index (χ0n) is 26.9. The molecule has 0 aliphatic heterocycles. The first-order valence-electron chi connectivity index (χ1n) is 16.1. The fourth-order valence-electron chi connectivity index (χ4n) is 9.64. The molecule has 0 saturated heterocycles.